The van der Waals surface area contributed by atoms with Crippen LogP contribution in [0.2, 0.25) is 5.15 Å². The van der Waals surface area contributed by atoms with Gasteiger partial charge in [-0.3, -0.25) is 0 Å². The molecule has 42 heavy (non-hydrogen) atoms. The summed E-state index contributed by atoms with van der Waals surface area (Å²) in [5, 5.41) is 0.244. The first-order valence-corrected chi connectivity index (χ1v) is 17.6. The van der Waals surface area contributed by atoms with Gasteiger partial charge in [0.2, 0.25) is 11.9 Å². The zero-order chi connectivity index (χ0) is 30.4. The van der Waals surface area contributed by atoms with E-state index in [0.717, 1.165) is 12.8 Å². The van der Waals surface area contributed by atoms with Crippen molar-refractivity contribution in [3.63, 3.8) is 0 Å². The molecule has 228 valence electrons. The highest BCUT2D eigenvalue weighted by Crippen LogP contribution is 2.49. The average molecular weight is 643 g/mol. The minimum atomic E-state index is -4.47. The number of anilines is 3. The van der Waals surface area contributed by atoms with E-state index in [2.05, 4.69) is 29.9 Å². The molecule has 0 bridgehead atoms. The second kappa shape index (κ2) is 11.6. The highest BCUT2D eigenvalue weighted by molar-refractivity contribution is 7.62. The SMILES string of the molecule is CP(C)(=O)[C@H]1CC[C@@H](Cn2cnc3c(Cl)nc(N)nc32)O1.Nc1nc(N)c2ncn(C[C@@H]3CCC(P(=O)([O-])O)O3)c2n1. The van der Waals surface area contributed by atoms with Gasteiger partial charge in [-0.1, -0.05) is 11.6 Å². The summed E-state index contributed by atoms with van der Waals surface area (Å²) in [7, 11) is -6.69. The van der Waals surface area contributed by atoms with Crippen LogP contribution in [0.3, 0.4) is 0 Å². The van der Waals surface area contributed by atoms with E-state index in [0.29, 0.717) is 41.8 Å². The number of hydrogen-bond donors (Lipinski definition) is 4. The van der Waals surface area contributed by atoms with Gasteiger partial charge < -0.3 is 54.7 Å². The summed E-state index contributed by atoms with van der Waals surface area (Å²) in [5.74, 6) is -0.971. The molecule has 2 saturated heterocycles. The summed E-state index contributed by atoms with van der Waals surface area (Å²) in [6.07, 6.45) is 5.25. The average Bonchev–Trinajstić information content (AvgIpc) is 3.67. The third-order valence-electron chi connectivity index (χ3n) is 6.98. The second-order valence-corrected chi connectivity index (χ2v) is 16.1. The van der Waals surface area contributed by atoms with Crippen LogP contribution in [-0.2, 0) is 31.7 Å². The fraction of sp³-hybridized carbons (Fsp3) is 0.545. The zero-order valence-electron chi connectivity index (χ0n) is 22.8. The molecule has 4 aromatic rings. The van der Waals surface area contributed by atoms with Gasteiger partial charge in [-0.2, -0.15) is 19.9 Å². The number of nitrogen functional groups attached to an aromatic ring is 3. The predicted molar refractivity (Wildman–Crippen MR) is 154 cm³/mol. The van der Waals surface area contributed by atoms with E-state index in [1.165, 1.54) is 6.33 Å². The van der Waals surface area contributed by atoms with Crippen LogP contribution in [0.1, 0.15) is 25.7 Å². The van der Waals surface area contributed by atoms with Crippen molar-refractivity contribution in [2.75, 3.05) is 30.5 Å². The molecule has 5 atom stereocenters. The van der Waals surface area contributed by atoms with Crippen molar-refractivity contribution in [2.45, 2.75) is 62.7 Å². The monoisotopic (exact) mass is 642 g/mol. The van der Waals surface area contributed by atoms with Crippen molar-refractivity contribution in [1.82, 2.24) is 39.0 Å². The third kappa shape index (κ3) is 6.67. The Hall–Kier alpha value is -2.91. The van der Waals surface area contributed by atoms with E-state index in [9.17, 15) is 14.0 Å². The van der Waals surface area contributed by atoms with E-state index in [1.54, 1.807) is 24.2 Å². The molecule has 7 N–H and O–H groups in total. The van der Waals surface area contributed by atoms with Gasteiger partial charge in [0.25, 0.3) is 0 Å². The summed E-state index contributed by atoms with van der Waals surface area (Å²) in [5.41, 5.74) is 18.9. The Morgan fingerprint density at radius 3 is 1.90 bits per heavy atom. The van der Waals surface area contributed by atoms with E-state index >= 15 is 0 Å². The van der Waals surface area contributed by atoms with Gasteiger partial charge in [0.05, 0.1) is 38.0 Å². The van der Waals surface area contributed by atoms with Crippen molar-refractivity contribution >= 4 is 66.4 Å². The Balaban J connectivity index is 0.000000168. The molecule has 0 radical (unpaired) electrons. The van der Waals surface area contributed by atoms with E-state index in [4.69, 9.17) is 43.2 Å². The number of nitrogens with zero attached hydrogens (tertiary/aromatic N) is 8. The molecule has 4 aromatic heterocycles. The predicted octanol–water partition coefficient (Wildman–Crippen LogP) is 1.23. The number of rotatable bonds is 6. The van der Waals surface area contributed by atoms with Gasteiger partial charge in [-0.15, -0.1) is 0 Å². The lowest BCUT2D eigenvalue weighted by molar-refractivity contribution is -0.204. The number of fused-ring (bicyclic) bond motifs is 2. The number of aromatic nitrogens is 8. The summed E-state index contributed by atoms with van der Waals surface area (Å²) in [6.45, 7) is 4.45. The maximum absolute atomic E-state index is 12.1. The van der Waals surface area contributed by atoms with Gasteiger partial charge in [0.15, 0.2) is 29.9 Å². The smallest absolute Gasteiger partial charge is 0.224 e. The van der Waals surface area contributed by atoms with Crippen LogP contribution < -0.4 is 22.1 Å². The lowest BCUT2D eigenvalue weighted by Crippen LogP contribution is -2.20. The van der Waals surface area contributed by atoms with Crippen molar-refractivity contribution in [2.24, 2.45) is 0 Å². The van der Waals surface area contributed by atoms with E-state index in [1.807, 2.05) is 4.57 Å². The first kappa shape index (κ1) is 30.5. The molecule has 2 aliphatic rings. The Morgan fingerprint density at radius 2 is 1.38 bits per heavy atom. The highest BCUT2D eigenvalue weighted by atomic mass is 35.5. The molecule has 6 rings (SSSR count). The molecule has 6 heterocycles. The Morgan fingerprint density at radius 1 is 0.881 bits per heavy atom. The third-order valence-corrected chi connectivity index (χ3v) is 10.1. The van der Waals surface area contributed by atoms with Gasteiger partial charge in [-0.25, -0.2) is 9.97 Å². The fourth-order valence-corrected chi connectivity index (χ4v) is 7.21. The minimum Gasteiger partial charge on any atom is -0.777 e. The molecule has 0 amide bonds. The van der Waals surface area contributed by atoms with Gasteiger partial charge in [0.1, 0.15) is 29.9 Å². The van der Waals surface area contributed by atoms with Crippen LogP contribution >= 0.6 is 26.3 Å². The largest absolute Gasteiger partial charge is 0.777 e. The van der Waals surface area contributed by atoms with Crippen molar-refractivity contribution in [3.8, 4) is 0 Å². The molecule has 0 aliphatic carbocycles. The van der Waals surface area contributed by atoms with Crippen LogP contribution in [0.25, 0.3) is 22.3 Å². The van der Waals surface area contributed by atoms with E-state index in [-0.39, 0.29) is 47.3 Å². The summed E-state index contributed by atoms with van der Waals surface area (Å²) in [6, 6.07) is 0. The normalized spacial score (nSPS) is 24.1. The van der Waals surface area contributed by atoms with Crippen molar-refractivity contribution < 1.29 is 28.4 Å². The molecule has 0 spiro atoms. The van der Waals surface area contributed by atoms with Crippen molar-refractivity contribution in [1.29, 1.82) is 0 Å². The summed E-state index contributed by atoms with van der Waals surface area (Å²) in [4.78, 5) is 44.3. The molecule has 0 saturated carbocycles. The second-order valence-electron chi connectivity index (χ2n) is 10.6. The highest BCUT2D eigenvalue weighted by Gasteiger charge is 2.34. The number of hydrogen-bond acceptors (Lipinski definition) is 14. The summed E-state index contributed by atoms with van der Waals surface area (Å²) < 4.78 is 37.9. The molecule has 2 aliphatic heterocycles. The molecule has 2 fully saturated rings. The van der Waals surface area contributed by atoms with Crippen molar-refractivity contribution in [3.05, 3.63) is 17.8 Å². The maximum Gasteiger partial charge on any atom is 0.224 e. The number of nitrogens with two attached hydrogens (primary N) is 3. The lowest BCUT2D eigenvalue weighted by atomic mass is 10.2. The topological polar surface area (TPSA) is 261 Å². The summed E-state index contributed by atoms with van der Waals surface area (Å²) >= 11 is 6.00. The molecule has 17 nitrogen and oxygen atoms in total. The minimum absolute atomic E-state index is 0.00408. The Kier molecular flexibility index (Phi) is 8.47. The molecule has 2 unspecified atom stereocenters. The molecular weight excluding hydrogens is 612 g/mol. The van der Waals surface area contributed by atoms with Crippen LogP contribution in [0.4, 0.5) is 17.7 Å². The quantitative estimate of drug-likeness (QED) is 0.170. The molecule has 0 aromatic carbocycles. The first-order valence-electron chi connectivity index (χ1n) is 13.0. The van der Waals surface area contributed by atoms with Crippen LogP contribution in [0, 0.1) is 0 Å². The first-order chi connectivity index (χ1) is 19.7. The Bertz CT molecular complexity index is 1580. The molecule has 20 heteroatoms. The van der Waals surface area contributed by atoms with Gasteiger partial charge >= 0.3 is 0 Å². The zero-order valence-corrected chi connectivity index (χ0v) is 25.3. The fourth-order valence-electron chi connectivity index (χ4n) is 4.95. The van der Waals surface area contributed by atoms with Gasteiger partial charge in [0, 0.05) is 0 Å². The number of halogens is 1. The Labute approximate surface area is 244 Å². The van der Waals surface area contributed by atoms with Gasteiger partial charge in [-0.05, 0) is 39.0 Å². The van der Waals surface area contributed by atoms with Crippen LogP contribution in [-0.4, -0.2) is 81.2 Å². The van der Waals surface area contributed by atoms with E-state index < -0.39 is 20.6 Å². The number of ether oxygens (including phenoxy) is 2. The standard InChI is InChI=1S/C12H17ClN5O2P.C10H15N6O4P/c1-21(2,19)8-4-3-7(20-8)5-18-6-15-9-10(13)16-12(14)17-11(9)18;11-8-7-9(15-10(12)14-8)16(4-13-7)3-5-1-2-6(20-5)21(17,18)19/h6-8H,3-5H2,1-2H3,(H2,14,16,17);4-6H,1-3H2,(H2,17,18,19)(H4,11,12,14,15)/p-1/t7-,8-;5-,6?/m00/s1. The lowest BCUT2D eigenvalue weighted by Gasteiger charge is -2.23. The van der Waals surface area contributed by atoms with Crippen LogP contribution in [0.5, 0.6) is 0 Å². The van der Waals surface area contributed by atoms with Crippen LogP contribution in [0.15, 0.2) is 12.7 Å². The maximum atomic E-state index is 12.1. The number of imidazole rings is 2. The molecular formula is C22H31ClN11O6P2-.